The van der Waals surface area contributed by atoms with Gasteiger partial charge in [0.05, 0.1) is 12.7 Å². The molecule has 1 aromatic rings. The van der Waals surface area contributed by atoms with Crippen LogP contribution in [0.5, 0.6) is 5.88 Å². The predicted octanol–water partition coefficient (Wildman–Crippen LogP) is 0.321. The molecule has 1 N–H and O–H groups in total. The summed E-state index contributed by atoms with van der Waals surface area (Å²) >= 11 is 0. The lowest BCUT2D eigenvalue weighted by Gasteiger charge is -2.36. The number of rotatable bonds is 4. The number of hydrogen-bond acceptors (Lipinski definition) is 5. The van der Waals surface area contributed by atoms with Crippen LogP contribution in [-0.2, 0) is 4.79 Å². The van der Waals surface area contributed by atoms with Gasteiger partial charge < -0.3 is 14.7 Å². The zero-order valence-corrected chi connectivity index (χ0v) is 12.2. The Balaban J connectivity index is 1.95. The molecule has 0 aromatic carbocycles. The van der Waals surface area contributed by atoms with E-state index in [2.05, 4.69) is 4.98 Å². The predicted molar refractivity (Wildman–Crippen MR) is 75.4 cm³/mol. The number of methoxy groups -OCH3 is 1. The van der Waals surface area contributed by atoms with Crippen molar-refractivity contribution in [1.82, 2.24) is 14.8 Å². The van der Waals surface area contributed by atoms with E-state index in [-0.39, 0.29) is 5.91 Å². The molecular weight excluding hydrogens is 274 g/mol. The van der Waals surface area contributed by atoms with Crippen LogP contribution in [-0.4, -0.2) is 71.1 Å². The number of nitrogens with zero attached hydrogens (tertiary/aromatic N) is 3. The largest absolute Gasteiger partial charge is 0.481 e. The average Bonchev–Trinajstić information content (AvgIpc) is 2.53. The van der Waals surface area contributed by atoms with Crippen LogP contribution in [0.4, 0.5) is 0 Å². The zero-order valence-electron chi connectivity index (χ0n) is 12.2. The van der Waals surface area contributed by atoms with Gasteiger partial charge in [0.25, 0.3) is 5.91 Å². The van der Waals surface area contributed by atoms with Crippen LogP contribution in [0.2, 0.25) is 0 Å². The summed E-state index contributed by atoms with van der Waals surface area (Å²) in [5, 5.41) is 8.99. The molecule has 1 aliphatic heterocycles. The summed E-state index contributed by atoms with van der Waals surface area (Å²) in [5.41, 5.74) is 0.510. The Hall–Kier alpha value is -2.15. The van der Waals surface area contributed by atoms with Gasteiger partial charge in [0.15, 0.2) is 0 Å². The topological polar surface area (TPSA) is 83.0 Å². The lowest BCUT2D eigenvalue weighted by atomic mass is 10.2. The molecule has 0 saturated carbocycles. The molecule has 1 aliphatic rings. The molecule has 2 heterocycles. The van der Waals surface area contributed by atoms with Crippen molar-refractivity contribution < 1.29 is 19.4 Å². The maximum absolute atomic E-state index is 12.3. The standard InChI is InChI=1S/C14H19N3O4/c1-10(14(19)20)16-5-7-17(8-6-16)13(18)11-3-4-12(21-2)15-9-11/h3-4,9-10H,5-8H2,1-2H3,(H,19,20). The quantitative estimate of drug-likeness (QED) is 0.861. The van der Waals surface area contributed by atoms with Crippen LogP contribution < -0.4 is 4.74 Å². The number of amides is 1. The van der Waals surface area contributed by atoms with E-state index >= 15 is 0 Å². The van der Waals surface area contributed by atoms with Gasteiger partial charge in [-0.2, -0.15) is 0 Å². The Morgan fingerprint density at radius 2 is 1.95 bits per heavy atom. The number of piperazine rings is 1. The number of aromatic nitrogens is 1. The van der Waals surface area contributed by atoms with Crippen molar-refractivity contribution in [3.05, 3.63) is 23.9 Å². The van der Waals surface area contributed by atoms with Gasteiger partial charge in [-0.05, 0) is 13.0 Å². The van der Waals surface area contributed by atoms with E-state index in [1.165, 1.54) is 13.3 Å². The van der Waals surface area contributed by atoms with Gasteiger partial charge in [0.1, 0.15) is 6.04 Å². The van der Waals surface area contributed by atoms with E-state index in [1.807, 2.05) is 4.90 Å². The fourth-order valence-corrected chi connectivity index (χ4v) is 2.28. The zero-order chi connectivity index (χ0) is 15.4. The van der Waals surface area contributed by atoms with Gasteiger partial charge in [-0.3, -0.25) is 14.5 Å². The summed E-state index contributed by atoms with van der Waals surface area (Å²) in [7, 11) is 1.52. The smallest absolute Gasteiger partial charge is 0.320 e. The van der Waals surface area contributed by atoms with Gasteiger partial charge >= 0.3 is 5.97 Å². The van der Waals surface area contributed by atoms with E-state index < -0.39 is 12.0 Å². The van der Waals surface area contributed by atoms with Crippen molar-refractivity contribution in [2.75, 3.05) is 33.3 Å². The number of carboxylic acids is 1. The first-order valence-electron chi connectivity index (χ1n) is 6.79. The van der Waals surface area contributed by atoms with E-state index in [4.69, 9.17) is 9.84 Å². The third-order valence-corrected chi connectivity index (χ3v) is 3.70. The minimum atomic E-state index is -0.839. The van der Waals surface area contributed by atoms with E-state index in [0.717, 1.165) is 0 Å². The molecule has 0 aliphatic carbocycles. The summed E-state index contributed by atoms with van der Waals surface area (Å²) in [6.07, 6.45) is 1.49. The van der Waals surface area contributed by atoms with Crippen molar-refractivity contribution in [1.29, 1.82) is 0 Å². The van der Waals surface area contributed by atoms with E-state index in [9.17, 15) is 9.59 Å². The number of carbonyl (C=O) groups excluding carboxylic acids is 1. The Labute approximate surface area is 123 Å². The third-order valence-electron chi connectivity index (χ3n) is 3.70. The molecule has 21 heavy (non-hydrogen) atoms. The lowest BCUT2D eigenvalue weighted by Crippen LogP contribution is -2.53. The van der Waals surface area contributed by atoms with Crippen molar-refractivity contribution in [2.24, 2.45) is 0 Å². The molecule has 1 saturated heterocycles. The minimum absolute atomic E-state index is 0.0900. The maximum Gasteiger partial charge on any atom is 0.320 e. The number of aliphatic carboxylic acids is 1. The highest BCUT2D eigenvalue weighted by Gasteiger charge is 2.27. The number of carboxylic acid groups (broad SMARTS) is 1. The number of carbonyl (C=O) groups is 2. The third kappa shape index (κ3) is 3.49. The number of ether oxygens (including phenoxy) is 1. The van der Waals surface area contributed by atoms with Crippen LogP contribution >= 0.6 is 0 Å². The molecule has 7 nitrogen and oxygen atoms in total. The fraction of sp³-hybridized carbons (Fsp3) is 0.500. The molecule has 1 atom stereocenters. The Bertz CT molecular complexity index is 509. The van der Waals surface area contributed by atoms with Gasteiger partial charge in [0, 0.05) is 38.4 Å². The van der Waals surface area contributed by atoms with Crippen LogP contribution in [0.1, 0.15) is 17.3 Å². The lowest BCUT2D eigenvalue weighted by molar-refractivity contribution is -0.143. The fourth-order valence-electron chi connectivity index (χ4n) is 2.28. The van der Waals surface area contributed by atoms with Crippen LogP contribution in [0.25, 0.3) is 0 Å². The highest BCUT2D eigenvalue weighted by Crippen LogP contribution is 2.12. The Morgan fingerprint density at radius 1 is 1.29 bits per heavy atom. The molecule has 7 heteroatoms. The molecule has 0 radical (unpaired) electrons. The van der Waals surface area contributed by atoms with Gasteiger partial charge in [-0.15, -0.1) is 0 Å². The van der Waals surface area contributed by atoms with E-state index in [1.54, 1.807) is 24.0 Å². The average molecular weight is 293 g/mol. The van der Waals surface area contributed by atoms with Crippen molar-refractivity contribution in [3.8, 4) is 5.88 Å². The molecule has 2 rings (SSSR count). The molecule has 114 valence electrons. The normalized spacial score (nSPS) is 17.3. The molecule has 0 bridgehead atoms. The molecule has 1 amide bonds. The van der Waals surface area contributed by atoms with Crippen molar-refractivity contribution >= 4 is 11.9 Å². The summed E-state index contributed by atoms with van der Waals surface area (Å²) < 4.78 is 4.96. The van der Waals surface area contributed by atoms with Crippen molar-refractivity contribution in [2.45, 2.75) is 13.0 Å². The second kappa shape index (κ2) is 6.53. The van der Waals surface area contributed by atoms with E-state index in [0.29, 0.717) is 37.6 Å². The highest BCUT2D eigenvalue weighted by atomic mass is 16.5. The summed E-state index contributed by atoms with van der Waals surface area (Å²) in [6, 6.07) is 2.81. The molecular formula is C14H19N3O4. The summed E-state index contributed by atoms with van der Waals surface area (Å²) in [6.45, 7) is 3.81. The first-order valence-corrected chi connectivity index (χ1v) is 6.79. The van der Waals surface area contributed by atoms with Crippen molar-refractivity contribution in [3.63, 3.8) is 0 Å². The minimum Gasteiger partial charge on any atom is -0.481 e. The second-order valence-corrected chi connectivity index (χ2v) is 4.93. The monoisotopic (exact) mass is 293 g/mol. The molecule has 1 unspecified atom stereocenters. The Kier molecular flexibility index (Phi) is 4.74. The first-order chi connectivity index (χ1) is 10.0. The van der Waals surface area contributed by atoms with Gasteiger partial charge in [-0.25, -0.2) is 4.98 Å². The second-order valence-electron chi connectivity index (χ2n) is 4.93. The summed E-state index contributed by atoms with van der Waals surface area (Å²) in [5.74, 6) is -0.464. The van der Waals surface area contributed by atoms with Crippen LogP contribution in [0, 0.1) is 0 Å². The molecule has 0 spiro atoms. The SMILES string of the molecule is COc1ccc(C(=O)N2CCN(C(C)C(=O)O)CC2)cn1. The molecule has 1 fully saturated rings. The summed E-state index contributed by atoms with van der Waals surface area (Å²) in [4.78, 5) is 30.9. The van der Waals surface area contributed by atoms with Crippen LogP contribution in [0.3, 0.4) is 0 Å². The first kappa shape index (κ1) is 15.2. The highest BCUT2D eigenvalue weighted by molar-refractivity contribution is 5.94. The van der Waals surface area contributed by atoms with Gasteiger partial charge in [0.2, 0.25) is 5.88 Å². The maximum atomic E-state index is 12.3. The van der Waals surface area contributed by atoms with Crippen LogP contribution in [0.15, 0.2) is 18.3 Å². The Morgan fingerprint density at radius 3 is 2.43 bits per heavy atom. The number of pyridine rings is 1. The van der Waals surface area contributed by atoms with Gasteiger partial charge in [-0.1, -0.05) is 0 Å². The number of hydrogen-bond donors (Lipinski definition) is 1. The molecule has 1 aromatic heterocycles.